The van der Waals surface area contributed by atoms with Crippen LogP contribution in [-0.2, 0) is 9.59 Å². The van der Waals surface area contributed by atoms with Gasteiger partial charge >= 0.3 is 5.97 Å². The number of likely N-dealkylation sites (tertiary alicyclic amines) is 1. The van der Waals surface area contributed by atoms with Gasteiger partial charge < -0.3 is 15.7 Å². The highest BCUT2D eigenvalue weighted by molar-refractivity contribution is 5.78. The third-order valence-electron chi connectivity index (χ3n) is 4.02. The largest absolute Gasteiger partial charge is 0.481 e. The molecule has 16 heavy (non-hydrogen) atoms. The fourth-order valence-corrected chi connectivity index (χ4v) is 3.07. The molecule has 0 bridgehead atoms. The van der Waals surface area contributed by atoms with E-state index in [2.05, 4.69) is 0 Å². The van der Waals surface area contributed by atoms with E-state index >= 15 is 0 Å². The zero-order valence-corrected chi connectivity index (χ0v) is 9.32. The number of amides is 1. The second kappa shape index (κ2) is 4.05. The molecule has 5 nitrogen and oxygen atoms in total. The van der Waals surface area contributed by atoms with Crippen LogP contribution in [0.3, 0.4) is 0 Å². The van der Waals surface area contributed by atoms with Crippen molar-refractivity contribution in [3.63, 3.8) is 0 Å². The smallest absolute Gasteiger partial charge is 0.306 e. The van der Waals surface area contributed by atoms with Gasteiger partial charge in [-0.2, -0.15) is 0 Å². The highest BCUT2D eigenvalue weighted by atomic mass is 16.4. The fourth-order valence-electron chi connectivity index (χ4n) is 3.07. The van der Waals surface area contributed by atoms with Crippen LogP contribution in [0.25, 0.3) is 0 Å². The molecule has 0 radical (unpaired) electrons. The molecule has 0 aromatic heterocycles. The van der Waals surface area contributed by atoms with Crippen LogP contribution in [0.2, 0.25) is 0 Å². The summed E-state index contributed by atoms with van der Waals surface area (Å²) in [4.78, 5) is 24.1. The molecule has 0 unspecified atom stereocenters. The van der Waals surface area contributed by atoms with Crippen LogP contribution in [0.15, 0.2) is 0 Å². The number of hydrogen-bond acceptors (Lipinski definition) is 3. The highest BCUT2D eigenvalue weighted by Crippen LogP contribution is 2.48. The minimum Gasteiger partial charge on any atom is -0.481 e. The van der Waals surface area contributed by atoms with Gasteiger partial charge in [0, 0.05) is 13.1 Å². The van der Waals surface area contributed by atoms with Gasteiger partial charge in [-0.25, -0.2) is 0 Å². The number of carbonyl (C=O) groups excluding carboxylic acids is 1. The van der Waals surface area contributed by atoms with E-state index in [4.69, 9.17) is 10.8 Å². The summed E-state index contributed by atoms with van der Waals surface area (Å²) >= 11 is 0. The number of aliphatic carboxylic acids is 1. The lowest BCUT2D eigenvalue weighted by Crippen LogP contribution is -2.35. The Balaban J connectivity index is 1.98. The van der Waals surface area contributed by atoms with E-state index in [9.17, 15) is 9.59 Å². The Hall–Kier alpha value is -1.10. The molecular weight excluding hydrogens is 208 g/mol. The molecule has 1 amide bonds. The van der Waals surface area contributed by atoms with Gasteiger partial charge in [0.05, 0.1) is 12.5 Å². The molecule has 1 spiro atoms. The summed E-state index contributed by atoms with van der Waals surface area (Å²) in [5.41, 5.74) is 5.39. The molecule has 2 fully saturated rings. The van der Waals surface area contributed by atoms with E-state index in [1.54, 1.807) is 4.90 Å². The average Bonchev–Trinajstić information content (AvgIpc) is 2.86. The first kappa shape index (κ1) is 11.4. The van der Waals surface area contributed by atoms with E-state index in [1.165, 1.54) is 0 Å². The van der Waals surface area contributed by atoms with Gasteiger partial charge in [0.15, 0.2) is 0 Å². The summed E-state index contributed by atoms with van der Waals surface area (Å²) in [6.07, 6.45) is 3.33. The zero-order valence-electron chi connectivity index (χ0n) is 9.32. The minimum absolute atomic E-state index is 0.0179. The summed E-state index contributed by atoms with van der Waals surface area (Å²) in [5, 5.41) is 8.98. The van der Waals surface area contributed by atoms with Crippen molar-refractivity contribution in [3.8, 4) is 0 Å². The summed E-state index contributed by atoms with van der Waals surface area (Å²) in [7, 11) is 0. The lowest BCUT2D eigenvalue weighted by atomic mass is 9.84. The Morgan fingerprint density at radius 2 is 2.19 bits per heavy atom. The van der Waals surface area contributed by atoms with E-state index < -0.39 is 5.97 Å². The van der Waals surface area contributed by atoms with Gasteiger partial charge in [0.1, 0.15) is 0 Å². The van der Waals surface area contributed by atoms with Gasteiger partial charge in [-0.15, -0.1) is 0 Å². The molecule has 2 aliphatic rings. The Labute approximate surface area is 94.6 Å². The van der Waals surface area contributed by atoms with E-state index in [0.29, 0.717) is 6.54 Å². The second-order valence-electron chi connectivity index (χ2n) is 5.05. The van der Waals surface area contributed by atoms with E-state index in [0.717, 1.165) is 32.2 Å². The average molecular weight is 226 g/mol. The molecule has 1 aliphatic heterocycles. The normalized spacial score (nSPS) is 33.6. The summed E-state index contributed by atoms with van der Waals surface area (Å²) < 4.78 is 0. The van der Waals surface area contributed by atoms with Crippen LogP contribution in [0.1, 0.15) is 25.7 Å². The summed E-state index contributed by atoms with van der Waals surface area (Å²) in [6.45, 7) is 1.49. The number of carbonyl (C=O) groups is 2. The molecule has 5 heteroatoms. The Morgan fingerprint density at radius 1 is 1.44 bits per heavy atom. The maximum absolute atomic E-state index is 11.5. The third kappa shape index (κ3) is 1.91. The maximum Gasteiger partial charge on any atom is 0.306 e. The fraction of sp³-hybridized carbons (Fsp3) is 0.818. The first-order valence-electron chi connectivity index (χ1n) is 5.77. The predicted octanol–water partition coefficient (Wildman–Crippen LogP) is 0.0485. The number of hydrogen-bond donors (Lipinski definition) is 2. The molecule has 1 aliphatic carbocycles. The van der Waals surface area contributed by atoms with Crippen molar-refractivity contribution in [1.82, 2.24) is 4.90 Å². The number of carboxylic acids is 1. The number of rotatable bonds is 2. The Morgan fingerprint density at radius 3 is 2.75 bits per heavy atom. The molecule has 3 N–H and O–H groups in total. The molecule has 1 saturated carbocycles. The van der Waals surface area contributed by atoms with Crippen LogP contribution in [0.5, 0.6) is 0 Å². The highest BCUT2D eigenvalue weighted by Gasteiger charge is 2.46. The quantitative estimate of drug-likeness (QED) is 0.696. The van der Waals surface area contributed by atoms with Crippen molar-refractivity contribution in [1.29, 1.82) is 0 Å². The SMILES string of the molecule is NCC(=O)N1CC[C@]2(CC[C@H](C(=O)O)C2)C1. The molecular formula is C11H18N2O3. The number of carboxylic acid groups (broad SMARTS) is 1. The monoisotopic (exact) mass is 226 g/mol. The van der Waals surface area contributed by atoms with Crippen LogP contribution in [0, 0.1) is 11.3 Å². The first-order valence-corrected chi connectivity index (χ1v) is 5.77. The minimum atomic E-state index is -0.694. The lowest BCUT2D eigenvalue weighted by Gasteiger charge is -2.23. The molecule has 2 atom stereocenters. The third-order valence-corrected chi connectivity index (χ3v) is 4.02. The van der Waals surface area contributed by atoms with Gasteiger partial charge in [0.2, 0.25) is 5.91 Å². The van der Waals surface area contributed by atoms with Crippen molar-refractivity contribution >= 4 is 11.9 Å². The molecule has 2 rings (SSSR count). The van der Waals surface area contributed by atoms with Crippen LogP contribution < -0.4 is 5.73 Å². The van der Waals surface area contributed by atoms with Crippen LogP contribution in [0.4, 0.5) is 0 Å². The lowest BCUT2D eigenvalue weighted by molar-refractivity contribution is -0.141. The van der Waals surface area contributed by atoms with Crippen molar-refractivity contribution < 1.29 is 14.7 Å². The number of nitrogens with zero attached hydrogens (tertiary/aromatic N) is 1. The van der Waals surface area contributed by atoms with Crippen molar-refractivity contribution in [2.45, 2.75) is 25.7 Å². The van der Waals surface area contributed by atoms with Crippen LogP contribution >= 0.6 is 0 Å². The molecule has 1 heterocycles. The Kier molecular flexibility index (Phi) is 2.88. The van der Waals surface area contributed by atoms with Crippen molar-refractivity contribution in [2.75, 3.05) is 19.6 Å². The van der Waals surface area contributed by atoms with Gasteiger partial charge in [-0.3, -0.25) is 9.59 Å². The van der Waals surface area contributed by atoms with Gasteiger partial charge in [0.25, 0.3) is 0 Å². The molecule has 0 aromatic rings. The van der Waals surface area contributed by atoms with Gasteiger partial charge in [-0.05, 0) is 31.1 Å². The molecule has 0 aromatic carbocycles. The molecule has 90 valence electrons. The summed E-state index contributed by atoms with van der Waals surface area (Å²) in [6, 6.07) is 0. The number of nitrogens with two attached hydrogens (primary N) is 1. The topological polar surface area (TPSA) is 83.6 Å². The van der Waals surface area contributed by atoms with E-state index in [1.807, 2.05) is 0 Å². The molecule has 1 saturated heterocycles. The van der Waals surface area contributed by atoms with E-state index in [-0.39, 0.29) is 23.8 Å². The maximum atomic E-state index is 11.5. The van der Waals surface area contributed by atoms with Crippen molar-refractivity contribution in [2.24, 2.45) is 17.1 Å². The summed E-state index contributed by atoms with van der Waals surface area (Å²) in [5.74, 6) is -0.927. The van der Waals surface area contributed by atoms with Gasteiger partial charge in [-0.1, -0.05) is 0 Å². The van der Waals surface area contributed by atoms with Crippen LogP contribution in [-0.4, -0.2) is 41.5 Å². The Bertz CT molecular complexity index is 318. The first-order chi connectivity index (χ1) is 7.56. The second-order valence-corrected chi connectivity index (χ2v) is 5.05. The standard InChI is InChI=1S/C11H18N2O3/c12-6-9(14)13-4-3-11(7-13)2-1-8(5-11)10(15)16/h8H,1-7,12H2,(H,15,16)/t8-,11-/m0/s1. The zero-order chi connectivity index (χ0) is 11.8. The predicted molar refractivity (Wildman–Crippen MR) is 57.7 cm³/mol. The van der Waals surface area contributed by atoms with Crippen molar-refractivity contribution in [3.05, 3.63) is 0 Å².